The molecule has 1 heterocycles. The normalized spacial score (nSPS) is 10.7. The van der Waals surface area contributed by atoms with Crippen molar-refractivity contribution in [1.82, 2.24) is 9.78 Å². The van der Waals surface area contributed by atoms with E-state index in [9.17, 15) is 4.39 Å². The van der Waals surface area contributed by atoms with Gasteiger partial charge in [-0.25, -0.2) is 9.07 Å². The van der Waals surface area contributed by atoms with Gasteiger partial charge in [-0.2, -0.15) is 5.10 Å². The lowest BCUT2D eigenvalue weighted by molar-refractivity contribution is 0.627. The van der Waals surface area contributed by atoms with Crippen molar-refractivity contribution in [3.05, 3.63) is 41.8 Å². The zero-order chi connectivity index (χ0) is 12.3. The standard InChI is InChI=1S/C12H15FN4/c13-10-3-5-11(6-4-10)17-12(15)9(8-16-17)2-1-7-14/h3-6,8H,1-2,7,14-15H2. The van der Waals surface area contributed by atoms with Crippen molar-refractivity contribution in [1.29, 1.82) is 0 Å². The predicted octanol–water partition coefficient (Wildman–Crippen LogP) is 1.48. The van der Waals surface area contributed by atoms with Crippen LogP contribution in [0.15, 0.2) is 30.5 Å². The molecule has 4 nitrogen and oxygen atoms in total. The summed E-state index contributed by atoms with van der Waals surface area (Å²) in [6, 6.07) is 6.06. The Bertz CT molecular complexity index is 490. The van der Waals surface area contributed by atoms with Crippen LogP contribution < -0.4 is 11.5 Å². The van der Waals surface area contributed by atoms with Gasteiger partial charge in [0.2, 0.25) is 0 Å². The summed E-state index contributed by atoms with van der Waals surface area (Å²) in [5.74, 6) is 0.313. The van der Waals surface area contributed by atoms with Crippen molar-refractivity contribution >= 4 is 5.82 Å². The monoisotopic (exact) mass is 234 g/mol. The van der Waals surface area contributed by atoms with Gasteiger partial charge in [0.1, 0.15) is 11.6 Å². The molecule has 0 atom stereocenters. The topological polar surface area (TPSA) is 69.9 Å². The number of hydrogen-bond donors (Lipinski definition) is 2. The van der Waals surface area contributed by atoms with Gasteiger partial charge in [-0.15, -0.1) is 0 Å². The third kappa shape index (κ3) is 2.45. The second kappa shape index (κ2) is 4.97. The summed E-state index contributed by atoms with van der Waals surface area (Å²) in [5.41, 5.74) is 13.2. The predicted molar refractivity (Wildman–Crippen MR) is 65.3 cm³/mol. The fourth-order valence-electron chi connectivity index (χ4n) is 1.66. The molecule has 1 aromatic heterocycles. The summed E-state index contributed by atoms with van der Waals surface area (Å²) in [6.07, 6.45) is 3.41. The third-order valence-electron chi connectivity index (χ3n) is 2.61. The van der Waals surface area contributed by atoms with E-state index in [-0.39, 0.29) is 5.82 Å². The van der Waals surface area contributed by atoms with E-state index in [2.05, 4.69) is 5.10 Å². The van der Waals surface area contributed by atoms with Crippen LogP contribution in [0.2, 0.25) is 0 Å². The number of aryl methyl sites for hydroxylation is 1. The van der Waals surface area contributed by atoms with Crippen LogP contribution in [0.3, 0.4) is 0 Å². The lowest BCUT2D eigenvalue weighted by Gasteiger charge is -2.04. The molecule has 0 saturated heterocycles. The molecule has 17 heavy (non-hydrogen) atoms. The minimum Gasteiger partial charge on any atom is -0.383 e. The highest BCUT2D eigenvalue weighted by Gasteiger charge is 2.08. The molecule has 90 valence electrons. The molecule has 5 heteroatoms. The van der Waals surface area contributed by atoms with Crippen LogP contribution in [0.5, 0.6) is 0 Å². The Balaban J connectivity index is 2.27. The van der Waals surface area contributed by atoms with E-state index in [0.717, 1.165) is 24.1 Å². The Labute approximate surface area is 99.0 Å². The van der Waals surface area contributed by atoms with Gasteiger partial charge in [0.05, 0.1) is 11.9 Å². The van der Waals surface area contributed by atoms with Gasteiger partial charge < -0.3 is 11.5 Å². The summed E-state index contributed by atoms with van der Waals surface area (Å²) in [7, 11) is 0. The van der Waals surface area contributed by atoms with Crippen LogP contribution in [0.1, 0.15) is 12.0 Å². The van der Waals surface area contributed by atoms with Crippen molar-refractivity contribution in [3.63, 3.8) is 0 Å². The Morgan fingerprint density at radius 1 is 1.24 bits per heavy atom. The van der Waals surface area contributed by atoms with Crippen LogP contribution in [0, 0.1) is 5.82 Å². The number of anilines is 1. The lowest BCUT2D eigenvalue weighted by Crippen LogP contribution is -2.04. The second-order valence-corrected chi connectivity index (χ2v) is 3.84. The van der Waals surface area contributed by atoms with Crippen LogP contribution in [-0.2, 0) is 6.42 Å². The number of rotatable bonds is 4. The lowest BCUT2D eigenvalue weighted by atomic mass is 10.2. The van der Waals surface area contributed by atoms with E-state index < -0.39 is 0 Å². The van der Waals surface area contributed by atoms with E-state index in [1.54, 1.807) is 23.0 Å². The van der Waals surface area contributed by atoms with E-state index in [1.165, 1.54) is 12.1 Å². The van der Waals surface area contributed by atoms with Gasteiger partial charge >= 0.3 is 0 Å². The Morgan fingerprint density at radius 3 is 2.59 bits per heavy atom. The summed E-state index contributed by atoms with van der Waals surface area (Å²) in [4.78, 5) is 0. The first-order valence-electron chi connectivity index (χ1n) is 5.50. The number of benzene rings is 1. The molecule has 0 aliphatic carbocycles. The van der Waals surface area contributed by atoms with Gasteiger partial charge in [0.15, 0.2) is 0 Å². The van der Waals surface area contributed by atoms with Gasteiger partial charge in [0, 0.05) is 5.56 Å². The second-order valence-electron chi connectivity index (χ2n) is 3.84. The fraction of sp³-hybridized carbons (Fsp3) is 0.250. The highest BCUT2D eigenvalue weighted by atomic mass is 19.1. The summed E-state index contributed by atoms with van der Waals surface area (Å²) < 4.78 is 14.4. The molecule has 0 saturated carbocycles. The molecule has 0 amide bonds. The van der Waals surface area contributed by atoms with Crippen LogP contribution >= 0.6 is 0 Å². The largest absolute Gasteiger partial charge is 0.383 e. The number of hydrogen-bond acceptors (Lipinski definition) is 3. The Kier molecular flexibility index (Phi) is 3.39. The molecule has 0 unspecified atom stereocenters. The number of nitrogen functional groups attached to an aromatic ring is 1. The van der Waals surface area contributed by atoms with E-state index in [0.29, 0.717) is 12.4 Å². The fourth-order valence-corrected chi connectivity index (χ4v) is 1.66. The van der Waals surface area contributed by atoms with Crippen LogP contribution in [0.4, 0.5) is 10.2 Å². The molecule has 0 bridgehead atoms. The zero-order valence-electron chi connectivity index (χ0n) is 9.44. The van der Waals surface area contributed by atoms with Gasteiger partial charge in [-0.05, 0) is 43.7 Å². The minimum absolute atomic E-state index is 0.275. The first-order valence-corrected chi connectivity index (χ1v) is 5.50. The van der Waals surface area contributed by atoms with Crippen molar-refractivity contribution < 1.29 is 4.39 Å². The number of nitrogens with zero attached hydrogens (tertiary/aromatic N) is 2. The third-order valence-corrected chi connectivity index (χ3v) is 2.61. The zero-order valence-corrected chi connectivity index (χ0v) is 9.44. The highest BCUT2D eigenvalue weighted by molar-refractivity contribution is 5.46. The molecule has 0 aliphatic heterocycles. The number of halogens is 1. The van der Waals surface area contributed by atoms with Crippen LogP contribution in [0.25, 0.3) is 5.69 Å². The highest BCUT2D eigenvalue weighted by Crippen LogP contribution is 2.18. The van der Waals surface area contributed by atoms with Crippen molar-refractivity contribution in [2.24, 2.45) is 5.73 Å². The maximum atomic E-state index is 12.8. The molecule has 0 fully saturated rings. The average Bonchev–Trinajstić information content (AvgIpc) is 2.69. The van der Waals surface area contributed by atoms with Gasteiger partial charge in [0.25, 0.3) is 0 Å². The van der Waals surface area contributed by atoms with Crippen LogP contribution in [-0.4, -0.2) is 16.3 Å². The molecular formula is C12H15FN4. The smallest absolute Gasteiger partial charge is 0.130 e. The minimum atomic E-state index is -0.275. The quantitative estimate of drug-likeness (QED) is 0.842. The first kappa shape index (κ1) is 11.6. The molecular weight excluding hydrogens is 219 g/mol. The maximum absolute atomic E-state index is 12.8. The Hall–Kier alpha value is -1.88. The molecule has 0 spiro atoms. The molecule has 1 aromatic carbocycles. The molecule has 2 rings (SSSR count). The van der Waals surface area contributed by atoms with E-state index >= 15 is 0 Å². The van der Waals surface area contributed by atoms with E-state index in [4.69, 9.17) is 11.5 Å². The summed E-state index contributed by atoms with van der Waals surface area (Å²) in [5, 5.41) is 4.20. The summed E-state index contributed by atoms with van der Waals surface area (Å²) >= 11 is 0. The van der Waals surface area contributed by atoms with Gasteiger partial charge in [-0.3, -0.25) is 0 Å². The first-order chi connectivity index (χ1) is 8.22. The SMILES string of the molecule is NCCCc1cnn(-c2ccc(F)cc2)c1N. The Morgan fingerprint density at radius 2 is 1.94 bits per heavy atom. The van der Waals surface area contributed by atoms with E-state index in [1.807, 2.05) is 0 Å². The number of aromatic nitrogens is 2. The molecule has 4 N–H and O–H groups in total. The maximum Gasteiger partial charge on any atom is 0.130 e. The molecule has 0 aliphatic rings. The average molecular weight is 234 g/mol. The van der Waals surface area contributed by atoms with Crippen molar-refractivity contribution in [3.8, 4) is 5.69 Å². The van der Waals surface area contributed by atoms with Crippen molar-refractivity contribution in [2.45, 2.75) is 12.8 Å². The molecule has 0 radical (unpaired) electrons. The number of nitrogens with two attached hydrogens (primary N) is 2. The summed E-state index contributed by atoms with van der Waals surface area (Å²) in [6.45, 7) is 0.626. The van der Waals surface area contributed by atoms with Crippen molar-refractivity contribution in [2.75, 3.05) is 12.3 Å². The van der Waals surface area contributed by atoms with Gasteiger partial charge in [-0.1, -0.05) is 0 Å². The molecule has 2 aromatic rings.